The highest BCUT2D eigenvalue weighted by Crippen LogP contribution is 2.32. The van der Waals surface area contributed by atoms with E-state index >= 15 is 0 Å². The molecule has 0 unspecified atom stereocenters. The normalized spacial score (nSPS) is 10.7. The predicted molar refractivity (Wildman–Crippen MR) is 70.5 cm³/mol. The number of esters is 1. The first-order valence-corrected chi connectivity index (χ1v) is 6.16. The van der Waals surface area contributed by atoms with E-state index < -0.39 is 11.8 Å². The maximum absolute atomic E-state index is 14.0. The van der Waals surface area contributed by atoms with Crippen LogP contribution in [0.25, 0.3) is 10.9 Å². The standard InChI is InChI=1S/C12H8BrClFNO2/c1-5-3-6(13)10(15)9-7(14)4-8(12(17)18-2)16-11(5)9/h3-4H,1-2H3. The number of pyridine rings is 1. The van der Waals surface area contributed by atoms with Crippen LogP contribution in [0.5, 0.6) is 0 Å². The average Bonchev–Trinajstić information content (AvgIpc) is 2.34. The van der Waals surface area contributed by atoms with E-state index in [9.17, 15) is 9.18 Å². The summed E-state index contributed by atoms with van der Waals surface area (Å²) in [5.41, 5.74) is 1.12. The third-order valence-electron chi connectivity index (χ3n) is 2.51. The third-order valence-corrected chi connectivity index (χ3v) is 3.39. The summed E-state index contributed by atoms with van der Waals surface area (Å²) >= 11 is 9.11. The molecule has 2 rings (SSSR count). The van der Waals surface area contributed by atoms with Crippen molar-refractivity contribution in [3.63, 3.8) is 0 Å². The van der Waals surface area contributed by atoms with Crippen molar-refractivity contribution < 1.29 is 13.9 Å². The van der Waals surface area contributed by atoms with Crippen molar-refractivity contribution >= 4 is 44.4 Å². The second-order valence-electron chi connectivity index (χ2n) is 3.69. The summed E-state index contributed by atoms with van der Waals surface area (Å²) in [7, 11) is 1.25. The monoisotopic (exact) mass is 331 g/mol. The van der Waals surface area contributed by atoms with Crippen LogP contribution in [0.4, 0.5) is 4.39 Å². The molecular weight excluding hydrogens is 324 g/mol. The fourth-order valence-corrected chi connectivity index (χ4v) is 2.48. The Kier molecular flexibility index (Phi) is 3.54. The van der Waals surface area contributed by atoms with E-state index in [0.717, 1.165) is 0 Å². The summed E-state index contributed by atoms with van der Waals surface area (Å²) in [5.74, 6) is -1.11. The van der Waals surface area contributed by atoms with Gasteiger partial charge >= 0.3 is 5.97 Å². The molecule has 0 radical (unpaired) electrons. The first-order valence-electron chi connectivity index (χ1n) is 4.99. The van der Waals surface area contributed by atoms with Crippen LogP contribution in [0.15, 0.2) is 16.6 Å². The highest BCUT2D eigenvalue weighted by Gasteiger charge is 2.17. The molecule has 3 nitrogen and oxygen atoms in total. The zero-order valence-corrected chi connectivity index (χ0v) is 11.9. The molecule has 1 aromatic carbocycles. The van der Waals surface area contributed by atoms with Gasteiger partial charge in [0.05, 0.1) is 27.5 Å². The molecule has 0 fully saturated rings. The van der Waals surface area contributed by atoms with Crippen molar-refractivity contribution in [2.45, 2.75) is 6.92 Å². The first-order chi connectivity index (χ1) is 8.45. The Morgan fingerprint density at radius 3 is 2.78 bits per heavy atom. The molecule has 0 bridgehead atoms. The van der Waals surface area contributed by atoms with E-state index in [1.165, 1.54) is 13.2 Å². The molecule has 1 heterocycles. The maximum atomic E-state index is 14.0. The van der Waals surface area contributed by atoms with Gasteiger partial charge in [-0.3, -0.25) is 0 Å². The highest BCUT2D eigenvalue weighted by molar-refractivity contribution is 9.10. The molecule has 0 saturated carbocycles. The van der Waals surface area contributed by atoms with Crippen LogP contribution in [0, 0.1) is 12.7 Å². The number of aryl methyl sites for hydroxylation is 1. The van der Waals surface area contributed by atoms with Crippen molar-refractivity contribution in [2.75, 3.05) is 7.11 Å². The number of aromatic nitrogens is 1. The molecule has 0 spiro atoms. The molecule has 1 aromatic heterocycles. The van der Waals surface area contributed by atoms with E-state index in [-0.39, 0.29) is 16.1 Å². The van der Waals surface area contributed by atoms with Gasteiger partial charge in [-0.2, -0.15) is 0 Å². The molecule has 18 heavy (non-hydrogen) atoms. The summed E-state index contributed by atoms with van der Waals surface area (Å²) in [4.78, 5) is 15.5. The Morgan fingerprint density at radius 2 is 2.17 bits per heavy atom. The lowest BCUT2D eigenvalue weighted by atomic mass is 10.1. The number of nitrogens with zero attached hydrogens (tertiary/aromatic N) is 1. The van der Waals surface area contributed by atoms with Gasteiger partial charge in [0.25, 0.3) is 0 Å². The predicted octanol–water partition coefficient (Wildman–Crippen LogP) is 3.88. The zero-order chi connectivity index (χ0) is 13.4. The molecule has 94 valence electrons. The van der Waals surface area contributed by atoms with E-state index in [4.69, 9.17) is 11.6 Å². The molecule has 0 aliphatic rings. The van der Waals surface area contributed by atoms with Crippen LogP contribution in [0.1, 0.15) is 16.1 Å². The van der Waals surface area contributed by atoms with Gasteiger partial charge in [-0.05, 0) is 40.5 Å². The van der Waals surface area contributed by atoms with Crippen LogP contribution < -0.4 is 0 Å². The van der Waals surface area contributed by atoms with Gasteiger partial charge in [-0.25, -0.2) is 14.2 Å². The van der Waals surface area contributed by atoms with Gasteiger partial charge in [-0.1, -0.05) is 11.6 Å². The number of halogens is 3. The van der Waals surface area contributed by atoms with E-state index in [1.807, 2.05) is 0 Å². The molecule has 0 aliphatic carbocycles. The maximum Gasteiger partial charge on any atom is 0.356 e. The number of rotatable bonds is 1. The third kappa shape index (κ3) is 2.08. The Bertz CT molecular complexity index is 660. The summed E-state index contributed by atoms with van der Waals surface area (Å²) in [6, 6.07) is 2.88. The summed E-state index contributed by atoms with van der Waals surface area (Å²) in [6.07, 6.45) is 0. The summed E-state index contributed by atoms with van der Waals surface area (Å²) in [6.45, 7) is 1.76. The van der Waals surface area contributed by atoms with Gasteiger partial charge in [0.15, 0.2) is 5.69 Å². The lowest BCUT2D eigenvalue weighted by molar-refractivity contribution is 0.0594. The van der Waals surface area contributed by atoms with Crippen molar-refractivity contribution in [1.29, 1.82) is 0 Å². The fraction of sp³-hybridized carbons (Fsp3) is 0.167. The van der Waals surface area contributed by atoms with Crippen molar-refractivity contribution in [1.82, 2.24) is 4.98 Å². The molecule has 0 N–H and O–H groups in total. The van der Waals surface area contributed by atoms with Gasteiger partial charge < -0.3 is 4.74 Å². The Hall–Kier alpha value is -1.20. The van der Waals surface area contributed by atoms with Gasteiger partial charge in [-0.15, -0.1) is 0 Å². The van der Waals surface area contributed by atoms with E-state index in [1.54, 1.807) is 13.0 Å². The minimum Gasteiger partial charge on any atom is -0.464 e. The van der Waals surface area contributed by atoms with Crippen LogP contribution in [-0.4, -0.2) is 18.1 Å². The number of ether oxygens (including phenoxy) is 1. The lowest BCUT2D eigenvalue weighted by Gasteiger charge is -2.08. The average molecular weight is 333 g/mol. The van der Waals surface area contributed by atoms with Crippen LogP contribution in [0.3, 0.4) is 0 Å². The smallest absolute Gasteiger partial charge is 0.356 e. The van der Waals surface area contributed by atoms with Crippen molar-refractivity contribution in [3.8, 4) is 0 Å². The number of carbonyl (C=O) groups is 1. The number of methoxy groups -OCH3 is 1. The molecular formula is C12H8BrClFNO2. The summed E-state index contributed by atoms with van der Waals surface area (Å²) in [5, 5.41) is 0.318. The van der Waals surface area contributed by atoms with Crippen LogP contribution >= 0.6 is 27.5 Å². The van der Waals surface area contributed by atoms with Gasteiger partial charge in [0.1, 0.15) is 5.82 Å². The number of benzene rings is 1. The van der Waals surface area contributed by atoms with Gasteiger partial charge in [0.2, 0.25) is 0 Å². The minimum atomic E-state index is -0.610. The zero-order valence-electron chi connectivity index (χ0n) is 9.55. The Labute approximate surface area is 116 Å². The van der Waals surface area contributed by atoms with Crippen molar-refractivity contribution in [3.05, 3.63) is 38.7 Å². The molecule has 6 heteroatoms. The Balaban J connectivity index is 2.86. The number of hydrogen-bond donors (Lipinski definition) is 0. The molecule has 0 atom stereocenters. The summed E-state index contributed by atoms with van der Waals surface area (Å²) < 4.78 is 18.8. The van der Waals surface area contributed by atoms with Gasteiger partial charge in [0, 0.05) is 0 Å². The van der Waals surface area contributed by atoms with Crippen LogP contribution in [-0.2, 0) is 4.74 Å². The number of fused-ring (bicyclic) bond motifs is 1. The number of hydrogen-bond acceptors (Lipinski definition) is 3. The largest absolute Gasteiger partial charge is 0.464 e. The van der Waals surface area contributed by atoms with E-state index in [0.29, 0.717) is 15.6 Å². The topological polar surface area (TPSA) is 39.2 Å². The minimum absolute atomic E-state index is 0.0554. The fourth-order valence-electron chi connectivity index (χ4n) is 1.66. The SMILES string of the molecule is COC(=O)c1cc(Cl)c2c(F)c(Br)cc(C)c2n1. The molecule has 0 aliphatic heterocycles. The number of carbonyl (C=O) groups excluding carboxylic acids is 1. The second-order valence-corrected chi connectivity index (χ2v) is 4.96. The van der Waals surface area contributed by atoms with Crippen molar-refractivity contribution in [2.24, 2.45) is 0 Å². The second kappa shape index (κ2) is 4.82. The lowest BCUT2D eigenvalue weighted by Crippen LogP contribution is -2.05. The molecule has 0 amide bonds. The quantitative estimate of drug-likeness (QED) is 0.744. The molecule has 0 saturated heterocycles. The first kappa shape index (κ1) is 13.2. The van der Waals surface area contributed by atoms with Crippen LogP contribution in [0.2, 0.25) is 5.02 Å². The van der Waals surface area contributed by atoms with E-state index in [2.05, 4.69) is 25.7 Å². The Morgan fingerprint density at radius 1 is 1.50 bits per heavy atom. The molecule has 2 aromatic rings. The highest BCUT2D eigenvalue weighted by atomic mass is 79.9.